The van der Waals surface area contributed by atoms with E-state index in [9.17, 15) is 4.39 Å². The van der Waals surface area contributed by atoms with Gasteiger partial charge in [0.25, 0.3) is 0 Å². The predicted octanol–water partition coefficient (Wildman–Crippen LogP) is 2.68. The van der Waals surface area contributed by atoms with Gasteiger partial charge in [-0.25, -0.2) is 4.39 Å². The first kappa shape index (κ1) is 10.1. The molecule has 0 bridgehead atoms. The van der Waals surface area contributed by atoms with Crippen LogP contribution in [-0.2, 0) is 6.42 Å². The van der Waals surface area contributed by atoms with Gasteiger partial charge in [-0.2, -0.15) is 0 Å². The van der Waals surface area contributed by atoms with E-state index in [-0.39, 0.29) is 6.54 Å². The maximum atomic E-state index is 13.1. The van der Waals surface area contributed by atoms with Crippen LogP contribution in [-0.4, -0.2) is 12.7 Å². The van der Waals surface area contributed by atoms with E-state index in [1.54, 1.807) is 0 Å². The summed E-state index contributed by atoms with van der Waals surface area (Å²) in [4.78, 5) is 0. The molecule has 2 aromatic rings. The Morgan fingerprint density at radius 2 is 1.80 bits per heavy atom. The highest BCUT2D eigenvalue weighted by Crippen LogP contribution is 2.16. The second-order valence-corrected chi connectivity index (χ2v) is 3.72. The second-order valence-electron chi connectivity index (χ2n) is 3.72. The van der Waals surface area contributed by atoms with Gasteiger partial charge in [0.2, 0.25) is 0 Å². The van der Waals surface area contributed by atoms with E-state index in [4.69, 9.17) is 5.73 Å². The van der Waals surface area contributed by atoms with Crippen LogP contribution in [0.1, 0.15) is 5.56 Å². The molecule has 2 heteroatoms. The van der Waals surface area contributed by atoms with E-state index in [0.717, 1.165) is 10.9 Å². The van der Waals surface area contributed by atoms with Gasteiger partial charge in [-0.1, -0.05) is 42.5 Å². The second kappa shape index (κ2) is 4.41. The van der Waals surface area contributed by atoms with Gasteiger partial charge in [-0.05, 0) is 16.3 Å². The molecular formula is C13H14FN. The average Bonchev–Trinajstić information content (AvgIpc) is 2.29. The van der Waals surface area contributed by atoms with Gasteiger partial charge >= 0.3 is 0 Å². The summed E-state index contributed by atoms with van der Waals surface area (Å²) in [5.41, 5.74) is 6.26. The zero-order valence-electron chi connectivity index (χ0n) is 8.49. The maximum Gasteiger partial charge on any atom is 0.116 e. The Kier molecular flexibility index (Phi) is 2.97. The molecule has 0 heterocycles. The number of rotatable bonds is 3. The smallest absolute Gasteiger partial charge is 0.116 e. The summed E-state index contributed by atoms with van der Waals surface area (Å²) in [6.07, 6.45) is -0.535. The lowest BCUT2D eigenvalue weighted by Gasteiger charge is -2.06. The lowest BCUT2D eigenvalue weighted by atomic mass is 10.0. The van der Waals surface area contributed by atoms with Gasteiger partial charge in [0, 0.05) is 13.0 Å². The number of hydrogen-bond acceptors (Lipinski definition) is 1. The fourth-order valence-corrected chi connectivity index (χ4v) is 1.70. The van der Waals surface area contributed by atoms with Gasteiger partial charge in [0.15, 0.2) is 0 Å². The minimum Gasteiger partial charge on any atom is -0.328 e. The Balaban J connectivity index is 2.30. The van der Waals surface area contributed by atoms with E-state index >= 15 is 0 Å². The third-order valence-corrected chi connectivity index (χ3v) is 2.53. The minimum atomic E-state index is -0.939. The van der Waals surface area contributed by atoms with E-state index in [1.165, 1.54) is 5.39 Å². The molecule has 0 unspecified atom stereocenters. The van der Waals surface area contributed by atoms with Crippen LogP contribution in [0.2, 0.25) is 0 Å². The Labute approximate surface area is 88.7 Å². The summed E-state index contributed by atoms with van der Waals surface area (Å²) in [5.74, 6) is 0. The maximum absolute atomic E-state index is 13.1. The summed E-state index contributed by atoms with van der Waals surface area (Å²) >= 11 is 0. The van der Waals surface area contributed by atoms with Crippen molar-refractivity contribution in [3.8, 4) is 0 Å². The molecule has 0 aliphatic rings. The highest BCUT2D eigenvalue weighted by atomic mass is 19.1. The lowest BCUT2D eigenvalue weighted by Crippen LogP contribution is -2.17. The van der Waals surface area contributed by atoms with Crippen LogP contribution in [0.3, 0.4) is 0 Å². The predicted molar refractivity (Wildman–Crippen MR) is 61.6 cm³/mol. The quantitative estimate of drug-likeness (QED) is 0.815. The number of halogens is 1. The molecule has 0 saturated carbocycles. The normalized spacial score (nSPS) is 12.9. The van der Waals surface area contributed by atoms with Crippen LogP contribution in [0, 0.1) is 0 Å². The van der Waals surface area contributed by atoms with Crippen molar-refractivity contribution in [1.29, 1.82) is 0 Å². The molecule has 15 heavy (non-hydrogen) atoms. The van der Waals surface area contributed by atoms with Gasteiger partial charge in [-0.3, -0.25) is 0 Å². The third kappa shape index (κ3) is 2.34. The highest BCUT2D eigenvalue weighted by molar-refractivity contribution is 5.82. The molecule has 1 nitrogen and oxygen atoms in total. The number of fused-ring (bicyclic) bond motifs is 1. The molecular weight excluding hydrogens is 189 g/mol. The third-order valence-electron chi connectivity index (χ3n) is 2.53. The van der Waals surface area contributed by atoms with Crippen LogP contribution >= 0.6 is 0 Å². The Bertz CT molecular complexity index is 453. The average molecular weight is 203 g/mol. The van der Waals surface area contributed by atoms with Gasteiger partial charge < -0.3 is 5.73 Å². The van der Waals surface area contributed by atoms with Crippen LogP contribution in [0.5, 0.6) is 0 Å². The SMILES string of the molecule is NC[C@@H](F)Cc1ccc2ccccc2c1. The summed E-state index contributed by atoms with van der Waals surface area (Å²) in [6.45, 7) is 0.0901. The monoisotopic (exact) mass is 203 g/mol. The van der Waals surface area contributed by atoms with Crippen molar-refractivity contribution in [3.63, 3.8) is 0 Å². The first-order valence-electron chi connectivity index (χ1n) is 5.11. The van der Waals surface area contributed by atoms with E-state index < -0.39 is 6.17 Å². The molecule has 2 rings (SSSR count). The van der Waals surface area contributed by atoms with Gasteiger partial charge in [-0.15, -0.1) is 0 Å². The summed E-state index contributed by atoms with van der Waals surface area (Å²) in [7, 11) is 0. The largest absolute Gasteiger partial charge is 0.328 e. The van der Waals surface area contributed by atoms with Crippen molar-refractivity contribution < 1.29 is 4.39 Å². The van der Waals surface area contributed by atoms with E-state index in [1.807, 2.05) is 36.4 Å². The van der Waals surface area contributed by atoms with Crippen LogP contribution in [0.25, 0.3) is 10.8 Å². The van der Waals surface area contributed by atoms with Crippen molar-refractivity contribution in [2.24, 2.45) is 5.73 Å². The molecule has 0 aromatic heterocycles. The molecule has 2 N–H and O–H groups in total. The van der Waals surface area contributed by atoms with Crippen molar-refractivity contribution >= 4 is 10.8 Å². The molecule has 78 valence electrons. The first-order valence-corrected chi connectivity index (χ1v) is 5.11. The van der Waals surface area contributed by atoms with E-state index in [2.05, 4.69) is 6.07 Å². The van der Waals surface area contributed by atoms with Crippen molar-refractivity contribution in [1.82, 2.24) is 0 Å². The number of hydrogen-bond donors (Lipinski definition) is 1. The zero-order chi connectivity index (χ0) is 10.7. The first-order chi connectivity index (χ1) is 7.29. The summed E-state index contributed by atoms with van der Waals surface area (Å²) in [5, 5.41) is 2.34. The zero-order valence-corrected chi connectivity index (χ0v) is 8.49. The minimum absolute atomic E-state index is 0.0901. The van der Waals surface area contributed by atoms with Crippen LogP contribution in [0.4, 0.5) is 4.39 Å². The van der Waals surface area contributed by atoms with Crippen LogP contribution < -0.4 is 5.73 Å². The molecule has 0 amide bonds. The Morgan fingerprint density at radius 1 is 1.07 bits per heavy atom. The van der Waals surface area contributed by atoms with Crippen molar-refractivity contribution in [2.75, 3.05) is 6.54 Å². The fraction of sp³-hybridized carbons (Fsp3) is 0.231. The Hall–Kier alpha value is -1.41. The Morgan fingerprint density at radius 3 is 2.53 bits per heavy atom. The van der Waals surface area contributed by atoms with Crippen molar-refractivity contribution in [2.45, 2.75) is 12.6 Å². The fourth-order valence-electron chi connectivity index (χ4n) is 1.70. The molecule has 0 aliphatic heterocycles. The molecule has 2 aromatic carbocycles. The summed E-state index contributed by atoms with van der Waals surface area (Å²) in [6, 6.07) is 14.1. The number of alkyl halides is 1. The summed E-state index contributed by atoms with van der Waals surface area (Å²) < 4.78 is 13.1. The topological polar surface area (TPSA) is 26.0 Å². The standard InChI is InChI=1S/C13H14FN/c14-13(9-15)8-10-5-6-11-3-1-2-4-12(11)7-10/h1-7,13H,8-9,15H2/t13-/m0/s1. The molecule has 0 spiro atoms. The molecule has 0 fully saturated rings. The molecule has 0 radical (unpaired) electrons. The van der Waals surface area contributed by atoms with E-state index in [0.29, 0.717) is 6.42 Å². The van der Waals surface area contributed by atoms with Gasteiger partial charge in [0.05, 0.1) is 0 Å². The van der Waals surface area contributed by atoms with Gasteiger partial charge in [0.1, 0.15) is 6.17 Å². The number of benzene rings is 2. The number of nitrogens with two attached hydrogens (primary N) is 1. The lowest BCUT2D eigenvalue weighted by molar-refractivity contribution is 0.340. The highest BCUT2D eigenvalue weighted by Gasteiger charge is 2.05. The van der Waals surface area contributed by atoms with Crippen LogP contribution in [0.15, 0.2) is 42.5 Å². The molecule has 1 atom stereocenters. The molecule has 0 saturated heterocycles. The molecule has 0 aliphatic carbocycles. The van der Waals surface area contributed by atoms with Crippen molar-refractivity contribution in [3.05, 3.63) is 48.0 Å².